The molecule has 0 unspecified atom stereocenters. The number of carbonyl (C=O) groups is 2. The molecule has 1 N–H and O–H groups in total. The van der Waals surface area contributed by atoms with Crippen molar-refractivity contribution in [2.24, 2.45) is 0 Å². The van der Waals surface area contributed by atoms with Gasteiger partial charge in [0.1, 0.15) is 12.6 Å². The first kappa shape index (κ1) is 30.8. The Kier molecular flexibility index (Phi) is 11.0. The summed E-state index contributed by atoms with van der Waals surface area (Å²) in [6.45, 7) is 1.20. The molecular formula is C26H31Cl4N3O4S. The lowest BCUT2D eigenvalue weighted by atomic mass is 9.95. The Morgan fingerprint density at radius 1 is 0.974 bits per heavy atom. The van der Waals surface area contributed by atoms with Crippen LogP contribution in [0.15, 0.2) is 36.4 Å². The third-order valence-electron chi connectivity index (χ3n) is 6.55. The molecule has 208 valence electrons. The number of benzene rings is 2. The van der Waals surface area contributed by atoms with Gasteiger partial charge in [-0.1, -0.05) is 78.7 Å². The molecule has 0 aliphatic heterocycles. The first-order valence-corrected chi connectivity index (χ1v) is 15.7. The average Bonchev–Trinajstić information content (AvgIpc) is 2.85. The van der Waals surface area contributed by atoms with E-state index in [1.807, 2.05) is 0 Å². The number of carbonyl (C=O) groups excluding carboxylic acids is 2. The van der Waals surface area contributed by atoms with E-state index >= 15 is 0 Å². The van der Waals surface area contributed by atoms with Crippen molar-refractivity contribution in [2.75, 3.05) is 17.1 Å². The van der Waals surface area contributed by atoms with Gasteiger partial charge < -0.3 is 10.2 Å². The van der Waals surface area contributed by atoms with Crippen molar-refractivity contribution in [1.29, 1.82) is 0 Å². The topological polar surface area (TPSA) is 86.8 Å². The molecule has 0 aromatic heterocycles. The molecule has 0 heterocycles. The zero-order valence-electron chi connectivity index (χ0n) is 21.2. The maximum absolute atomic E-state index is 13.8. The van der Waals surface area contributed by atoms with Gasteiger partial charge in [-0.25, -0.2) is 8.42 Å². The summed E-state index contributed by atoms with van der Waals surface area (Å²) >= 11 is 24.9. The van der Waals surface area contributed by atoms with Crippen LogP contribution in [0.5, 0.6) is 0 Å². The van der Waals surface area contributed by atoms with Crippen LogP contribution in [0.4, 0.5) is 5.69 Å². The number of anilines is 1. The van der Waals surface area contributed by atoms with E-state index in [1.54, 1.807) is 25.1 Å². The highest BCUT2D eigenvalue weighted by Crippen LogP contribution is 2.31. The summed E-state index contributed by atoms with van der Waals surface area (Å²) in [4.78, 5) is 28.6. The van der Waals surface area contributed by atoms with E-state index < -0.39 is 28.5 Å². The summed E-state index contributed by atoms with van der Waals surface area (Å²) in [6.07, 6.45) is 6.26. The molecule has 7 nitrogen and oxygen atoms in total. The third-order valence-corrected chi connectivity index (χ3v) is 8.82. The maximum Gasteiger partial charge on any atom is 0.244 e. The SMILES string of the molecule is CC[C@H](C(=O)NC1CCCCC1)N(Cc1ccc(Cl)cc1Cl)C(=O)CN(c1cc(Cl)ccc1Cl)S(C)(=O)=O. The smallest absolute Gasteiger partial charge is 0.244 e. The number of nitrogens with one attached hydrogen (secondary N) is 1. The quantitative estimate of drug-likeness (QED) is 0.336. The predicted octanol–water partition coefficient (Wildman–Crippen LogP) is 6.32. The zero-order valence-corrected chi connectivity index (χ0v) is 25.1. The van der Waals surface area contributed by atoms with E-state index in [2.05, 4.69) is 5.32 Å². The van der Waals surface area contributed by atoms with Crippen LogP contribution in [0.1, 0.15) is 51.0 Å². The fourth-order valence-electron chi connectivity index (χ4n) is 4.57. The number of hydrogen-bond acceptors (Lipinski definition) is 4. The highest BCUT2D eigenvalue weighted by molar-refractivity contribution is 7.92. The number of sulfonamides is 1. The molecule has 0 saturated heterocycles. The highest BCUT2D eigenvalue weighted by atomic mass is 35.5. The molecule has 38 heavy (non-hydrogen) atoms. The summed E-state index contributed by atoms with van der Waals surface area (Å²) in [5.41, 5.74) is 0.638. The average molecular weight is 623 g/mol. The molecule has 0 spiro atoms. The molecule has 1 fully saturated rings. The van der Waals surface area contributed by atoms with Gasteiger partial charge in [0.05, 0.1) is 17.0 Å². The lowest BCUT2D eigenvalue weighted by Gasteiger charge is -2.34. The lowest BCUT2D eigenvalue weighted by Crippen LogP contribution is -2.54. The maximum atomic E-state index is 13.8. The van der Waals surface area contributed by atoms with Gasteiger partial charge in [-0.3, -0.25) is 13.9 Å². The second-order valence-corrected chi connectivity index (χ2v) is 13.0. The Balaban J connectivity index is 1.97. The number of rotatable bonds is 10. The molecule has 1 atom stereocenters. The van der Waals surface area contributed by atoms with E-state index in [0.29, 0.717) is 22.0 Å². The standard InChI is InChI=1S/C26H31Cl4N3O4S/c1-3-23(26(35)31-20-7-5-4-6-8-20)32(15-17-9-10-18(27)13-22(17)30)25(34)16-33(38(2,36)37)24-14-19(28)11-12-21(24)29/h9-14,20,23H,3-8,15-16H2,1-2H3,(H,31,35)/t23-/m1/s1. The van der Waals surface area contributed by atoms with Crippen molar-refractivity contribution in [1.82, 2.24) is 10.2 Å². The Morgan fingerprint density at radius 3 is 2.21 bits per heavy atom. The molecular weight excluding hydrogens is 592 g/mol. The third kappa shape index (κ3) is 8.15. The highest BCUT2D eigenvalue weighted by Gasteiger charge is 2.33. The molecule has 2 aromatic rings. The monoisotopic (exact) mass is 621 g/mol. The predicted molar refractivity (Wildman–Crippen MR) is 155 cm³/mol. The van der Waals surface area contributed by atoms with Gasteiger partial charge >= 0.3 is 0 Å². The number of hydrogen-bond donors (Lipinski definition) is 1. The molecule has 12 heteroatoms. The molecule has 1 aliphatic rings. The van der Waals surface area contributed by atoms with Crippen molar-refractivity contribution in [2.45, 2.75) is 64.1 Å². The second kappa shape index (κ2) is 13.6. The number of halogens is 4. The molecule has 0 bridgehead atoms. The van der Waals surface area contributed by atoms with E-state index in [1.165, 1.54) is 23.1 Å². The Morgan fingerprint density at radius 2 is 1.61 bits per heavy atom. The number of nitrogens with zero attached hydrogens (tertiary/aromatic N) is 2. The fourth-order valence-corrected chi connectivity index (χ4v) is 6.33. The molecule has 3 rings (SSSR count). The minimum atomic E-state index is -3.95. The van der Waals surface area contributed by atoms with E-state index in [-0.39, 0.29) is 34.2 Å². The Hall–Kier alpha value is -1.71. The summed E-state index contributed by atoms with van der Waals surface area (Å²) in [5, 5.41) is 4.22. The van der Waals surface area contributed by atoms with Crippen LogP contribution in [-0.2, 0) is 26.2 Å². The van der Waals surface area contributed by atoms with Gasteiger partial charge in [0.15, 0.2) is 0 Å². The molecule has 2 aromatic carbocycles. The van der Waals surface area contributed by atoms with E-state index in [9.17, 15) is 18.0 Å². The minimum Gasteiger partial charge on any atom is -0.352 e. The van der Waals surface area contributed by atoms with Gasteiger partial charge in [0, 0.05) is 27.7 Å². The first-order chi connectivity index (χ1) is 17.9. The van der Waals surface area contributed by atoms with Crippen LogP contribution in [-0.4, -0.2) is 50.0 Å². The molecule has 0 radical (unpaired) electrons. The summed E-state index contributed by atoms with van der Waals surface area (Å²) in [7, 11) is -3.95. The normalized spacial score (nSPS) is 15.1. The second-order valence-electron chi connectivity index (χ2n) is 9.39. The van der Waals surface area contributed by atoms with Crippen LogP contribution < -0.4 is 9.62 Å². The summed E-state index contributed by atoms with van der Waals surface area (Å²) < 4.78 is 26.5. The van der Waals surface area contributed by atoms with Gasteiger partial charge in [-0.2, -0.15) is 0 Å². The fraction of sp³-hybridized carbons (Fsp3) is 0.462. The molecule has 1 aliphatic carbocycles. The largest absolute Gasteiger partial charge is 0.352 e. The van der Waals surface area contributed by atoms with Crippen molar-refractivity contribution in [3.63, 3.8) is 0 Å². The van der Waals surface area contributed by atoms with Gasteiger partial charge in [-0.05, 0) is 55.2 Å². The van der Waals surface area contributed by atoms with Crippen LogP contribution in [0.3, 0.4) is 0 Å². The van der Waals surface area contributed by atoms with Crippen LogP contribution >= 0.6 is 46.4 Å². The first-order valence-electron chi connectivity index (χ1n) is 12.4. The summed E-state index contributed by atoms with van der Waals surface area (Å²) in [6, 6.07) is 8.42. The van der Waals surface area contributed by atoms with E-state index in [4.69, 9.17) is 46.4 Å². The van der Waals surface area contributed by atoms with Crippen molar-refractivity contribution >= 4 is 73.9 Å². The van der Waals surface area contributed by atoms with Crippen molar-refractivity contribution in [3.05, 3.63) is 62.1 Å². The molecule has 2 amide bonds. The number of amides is 2. The zero-order chi connectivity index (χ0) is 28.0. The minimum absolute atomic E-state index is 0.0215. The summed E-state index contributed by atoms with van der Waals surface area (Å²) in [5.74, 6) is -0.882. The van der Waals surface area contributed by atoms with Crippen molar-refractivity contribution < 1.29 is 18.0 Å². The lowest BCUT2D eigenvalue weighted by molar-refractivity contribution is -0.140. The van der Waals surface area contributed by atoms with Gasteiger partial charge in [0.25, 0.3) is 0 Å². The van der Waals surface area contributed by atoms with Crippen LogP contribution in [0.2, 0.25) is 20.1 Å². The molecule has 1 saturated carbocycles. The van der Waals surface area contributed by atoms with Crippen molar-refractivity contribution in [3.8, 4) is 0 Å². The van der Waals surface area contributed by atoms with Gasteiger partial charge in [0.2, 0.25) is 21.8 Å². The Labute approximate surface area is 244 Å². The van der Waals surface area contributed by atoms with Gasteiger partial charge in [-0.15, -0.1) is 0 Å². The van der Waals surface area contributed by atoms with Crippen LogP contribution in [0.25, 0.3) is 0 Å². The van der Waals surface area contributed by atoms with E-state index in [0.717, 1.165) is 42.7 Å². The Bertz CT molecular complexity index is 1270. The van der Waals surface area contributed by atoms with Crippen LogP contribution in [0, 0.1) is 0 Å².